The SMILES string of the molecule is CC(C)(C)c1cccc2c1c(Br)c(N)c1ccccc12. The van der Waals surface area contributed by atoms with Crippen LogP contribution in [-0.4, -0.2) is 0 Å². The first-order chi connectivity index (χ1) is 9.41. The molecular weight excluding hydrogens is 310 g/mol. The van der Waals surface area contributed by atoms with Crippen molar-refractivity contribution < 1.29 is 0 Å². The maximum absolute atomic E-state index is 6.35. The summed E-state index contributed by atoms with van der Waals surface area (Å²) in [5.41, 5.74) is 8.57. The van der Waals surface area contributed by atoms with E-state index in [9.17, 15) is 0 Å². The lowest BCUT2D eigenvalue weighted by Crippen LogP contribution is -2.12. The van der Waals surface area contributed by atoms with E-state index in [0.717, 1.165) is 15.5 Å². The van der Waals surface area contributed by atoms with Gasteiger partial charge in [-0.15, -0.1) is 0 Å². The lowest BCUT2D eigenvalue weighted by atomic mass is 9.82. The van der Waals surface area contributed by atoms with Crippen LogP contribution in [0.4, 0.5) is 5.69 Å². The van der Waals surface area contributed by atoms with Crippen LogP contribution in [0.5, 0.6) is 0 Å². The average molecular weight is 328 g/mol. The minimum absolute atomic E-state index is 0.0803. The van der Waals surface area contributed by atoms with E-state index in [-0.39, 0.29) is 5.41 Å². The smallest absolute Gasteiger partial charge is 0.0544 e. The molecule has 0 heterocycles. The Kier molecular flexibility index (Phi) is 3.02. The van der Waals surface area contributed by atoms with Gasteiger partial charge in [0, 0.05) is 15.2 Å². The van der Waals surface area contributed by atoms with Gasteiger partial charge in [0.15, 0.2) is 0 Å². The largest absolute Gasteiger partial charge is 0.397 e. The fourth-order valence-electron chi connectivity index (χ4n) is 2.84. The molecule has 0 aliphatic carbocycles. The van der Waals surface area contributed by atoms with E-state index in [1.807, 2.05) is 6.07 Å². The molecule has 0 unspecified atom stereocenters. The van der Waals surface area contributed by atoms with E-state index < -0.39 is 0 Å². The van der Waals surface area contributed by atoms with E-state index in [2.05, 4.69) is 73.1 Å². The molecule has 0 fully saturated rings. The standard InChI is InChI=1S/C18H18BrN/c1-18(2,3)14-10-6-9-12-11-7-4-5-8-13(11)17(20)16(19)15(12)14/h4-10H,20H2,1-3H3. The van der Waals surface area contributed by atoms with Crippen LogP contribution in [-0.2, 0) is 5.41 Å². The molecule has 1 nitrogen and oxygen atoms in total. The molecule has 0 radical (unpaired) electrons. The lowest BCUT2D eigenvalue weighted by molar-refractivity contribution is 0.596. The van der Waals surface area contributed by atoms with Crippen LogP contribution in [0.25, 0.3) is 21.5 Å². The number of nitrogen functional groups attached to an aromatic ring is 1. The summed E-state index contributed by atoms with van der Waals surface area (Å²) in [5, 5.41) is 4.82. The van der Waals surface area contributed by atoms with Crippen LogP contribution in [0.3, 0.4) is 0 Å². The summed E-state index contributed by atoms with van der Waals surface area (Å²) >= 11 is 3.72. The van der Waals surface area contributed by atoms with E-state index in [4.69, 9.17) is 5.73 Å². The first-order valence-electron chi connectivity index (χ1n) is 6.80. The highest BCUT2D eigenvalue weighted by atomic mass is 79.9. The van der Waals surface area contributed by atoms with Gasteiger partial charge < -0.3 is 5.73 Å². The highest BCUT2D eigenvalue weighted by Gasteiger charge is 2.20. The summed E-state index contributed by atoms with van der Waals surface area (Å²) in [6.07, 6.45) is 0. The molecule has 3 rings (SSSR count). The first-order valence-corrected chi connectivity index (χ1v) is 7.59. The van der Waals surface area contributed by atoms with Gasteiger partial charge in [0.25, 0.3) is 0 Å². The highest BCUT2D eigenvalue weighted by Crippen LogP contribution is 2.42. The van der Waals surface area contributed by atoms with Gasteiger partial charge in [0.05, 0.1) is 5.69 Å². The second-order valence-electron chi connectivity index (χ2n) is 6.25. The second-order valence-corrected chi connectivity index (χ2v) is 7.04. The van der Waals surface area contributed by atoms with Gasteiger partial charge in [-0.1, -0.05) is 63.2 Å². The fourth-order valence-corrected chi connectivity index (χ4v) is 3.48. The Balaban J connectivity index is 2.61. The highest BCUT2D eigenvalue weighted by molar-refractivity contribution is 9.10. The van der Waals surface area contributed by atoms with Crippen LogP contribution >= 0.6 is 15.9 Å². The van der Waals surface area contributed by atoms with Gasteiger partial charge in [-0.05, 0) is 37.7 Å². The molecule has 2 heteroatoms. The zero-order valence-electron chi connectivity index (χ0n) is 12.0. The monoisotopic (exact) mass is 327 g/mol. The van der Waals surface area contributed by atoms with Crippen molar-refractivity contribution >= 4 is 43.2 Å². The summed E-state index contributed by atoms with van der Waals surface area (Å²) in [5.74, 6) is 0. The second kappa shape index (κ2) is 4.49. The Hall–Kier alpha value is -1.54. The number of benzene rings is 3. The Labute approximate surface area is 127 Å². The minimum atomic E-state index is 0.0803. The predicted octanol–water partition coefficient (Wildman–Crippen LogP) is 5.64. The quantitative estimate of drug-likeness (QED) is 0.420. The van der Waals surface area contributed by atoms with Crippen LogP contribution in [0, 0.1) is 0 Å². The number of rotatable bonds is 0. The van der Waals surface area contributed by atoms with Crippen molar-refractivity contribution in [3.05, 3.63) is 52.5 Å². The summed E-state index contributed by atoms with van der Waals surface area (Å²) in [6.45, 7) is 6.71. The number of halogens is 1. The number of hydrogen-bond donors (Lipinski definition) is 1. The molecule has 0 aromatic heterocycles. The van der Waals surface area contributed by atoms with E-state index in [1.165, 1.54) is 21.7 Å². The van der Waals surface area contributed by atoms with Gasteiger partial charge in [-0.25, -0.2) is 0 Å². The predicted molar refractivity (Wildman–Crippen MR) is 92.3 cm³/mol. The summed E-state index contributed by atoms with van der Waals surface area (Å²) in [7, 11) is 0. The number of fused-ring (bicyclic) bond motifs is 3. The van der Waals surface area contributed by atoms with Crippen molar-refractivity contribution in [2.45, 2.75) is 26.2 Å². The number of nitrogens with two attached hydrogens (primary N) is 1. The molecule has 3 aromatic rings. The zero-order valence-corrected chi connectivity index (χ0v) is 13.6. The molecule has 0 spiro atoms. The van der Waals surface area contributed by atoms with Crippen molar-refractivity contribution in [3.8, 4) is 0 Å². The van der Waals surface area contributed by atoms with E-state index in [1.54, 1.807) is 0 Å². The van der Waals surface area contributed by atoms with Crippen molar-refractivity contribution in [2.75, 3.05) is 5.73 Å². The summed E-state index contributed by atoms with van der Waals surface area (Å²) < 4.78 is 1.01. The molecule has 3 aromatic carbocycles. The third-order valence-corrected chi connectivity index (χ3v) is 4.66. The molecule has 0 atom stereocenters. The van der Waals surface area contributed by atoms with Gasteiger partial charge in [-0.2, -0.15) is 0 Å². The third kappa shape index (κ3) is 1.90. The van der Waals surface area contributed by atoms with Crippen molar-refractivity contribution in [2.24, 2.45) is 0 Å². The Morgan fingerprint density at radius 1 is 0.850 bits per heavy atom. The minimum Gasteiger partial charge on any atom is -0.397 e. The van der Waals surface area contributed by atoms with Gasteiger partial charge in [0.2, 0.25) is 0 Å². The van der Waals surface area contributed by atoms with Gasteiger partial charge in [0.1, 0.15) is 0 Å². The van der Waals surface area contributed by atoms with E-state index in [0.29, 0.717) is 0 Å². The molecule has 0 aliphatic heterocycles. The Bertz CT molecular complexity index is 813. The number of anilines is 1. The molecule has 102 valence electrons. The number of hydrogen-bond acceptors (Lipinski definition) is 1. The Morgan fingerprint density at radius 2 is 1.45 bits per heavy atom. The topological polar surface area (TPSA) is 26.0 Å². The lowest BCUT2D eigenvalue weighted by Gasteiger charge is -2.23. The van der Waals surface area contributed by atoms with Crippen LogP contribution < -0.4 is 5.73 Å². The van der Waals surface area contributed by atoms with Crippen molar-refractivity contribution in [1.82, 2.24) is 0 Å². The molecule has 0 saturated carbocycles. The molecule has 0 amide bonds. The summed E-state index contributed by atoms with van der Waals surface area (Å²) in [6, 6.07) is 14.8. The molecule has 0 aliphatic rings. The van der Waals surface area contributed by atoms with Gasteiger partial charge >= 0.3 is 0 Å². The van der Waals surface area contributed by atoms with Crippen molar-refractivity contribution in [3.63, 3.8) is 0 Å². The third-order valence-electron chi connectivity index (χ3n) is 3.84. The Morgan fingerprint density at radius 3 is 2.10 bits per heavy atom. The van der Waals surface area contributed by atoms with Crippen LogP contribution in [0.2, 0.25) is 0 Å². The molecule has 20 heavy (non-hydrogen) atoms. The zero-order chi connectivity index (χ0) is 14.5. The molecular formula is C18H18BrN. The molecule has 2 N–H and O–H groups in total. The van der Waals surface area contributed by atoms with Gasteiger partial charge in [-0.3, -0.25) is 0 Å². The molecule has 0 saturated heterocycles. The van der Waals surface area contributed by atoms with Crippen molar-refractivity contribution in [1.29, 1.82) is 0 Å². The maximum Gasteiger partial charge on any atom is 0.0544 e. The van der Waals surface area contributed by atoms with Crippen LogP contribution in [0.15, 0.2) is 46.9 Å². The van der Waals surface area contributed by atoms with Crippen LogP contribution in [0.1, 0.15) is 26.3 Å². The van der Waals surface area contributed by atoms with E-state index >= 15 is 0 Å². The first kappa shape index (κ1) is 13.4. The maximum atomic E-state index is 6.35. The summed E-state index contributed by atoms with van der Waals surface area (Å²) in [4.78, 5) is 0. The fraction of sp³-hybridized carbons (Fsp3) is 0.222. The molecule has 0 bridgehead atoms. The normalized spacial score (nSPS) is 12.2. The average Bonchev–Trinajstić information content (AvgIpc) is 2.43.